The number of aliphatic hydroxyl groups is 1. The largest absolute Gasteiger partial charge is 0.462 e. The topological polar surface area (TPSA) is 206 Å². The number of hydrogen-bond donors (Lipinski definition) is 2. The van der Waals surface area contributed by atoms with Crippen molar-refractivity contribution in [3.63, 3.8) is 0 Å². The van der Waals surface area contributed by atoms with E-state index < -0.39 is 113 Å². The number of likely N-dealkylation sites (tertiary alicyclic amines) is 1. The minimum Gasteiger partial charge on any atom is -0.462 e. The fraction of sp³-hybridized carbons (Fsp3) is 0.500. The second-order valence-electron chi connectivity index (χ2n) is 20.4. The van der Waals surface area contributed by atoms with Gasteiger partial charge in [-0.3, -0.25) is 24.0 Å². The predicted molar refractivity (Wildman–Crippen MR) is 243 cm³/mol. The molecule has 69 heavy (non-hydrogen) atoms. The zero-order valence-corrected chi connectivity index (χ0v) is 39.4. The molecule has 9 rings (SSSR count). The van der Waals surface area contributed by atoms with Crippen LogP contribution in [-0.4, -0.2) is 125 Å². The molecule has 17 heteroatoms. The van der Waals surface area contributed by atoms with E-state index in [1.54, 1.807) is 65.0 Å². The number of rotatable bonds is 14. The molecule has 9 atom stereocenters. The average Bonchev–Trinajstić information content (AvgIpc) is 4.12. The summed E-state index contributed by atoms with van der Waals surface area (Å²) >= 11 is 0. The second kappa shape index (κ2) is 18.7. The third-order valence-electron chi connectivity index (χ3n) is 13.8. The van der Waals surface area contributed by atoms with Gasteiger partial charge in [-0.25, -0.2) is 9.59 Å². The maximum absolute atomic E-state index is 15.7. The number of hydroxylamine groups is 2. The van der Waals surface area contributed by atoms with Crippen molar-refractivity contribution in [1.82, 2.24) is 15.3 Å². The van der Waals surface area contributed by atoms with Crippen LogP contribution in [0.3, 0.4) is 0 Å². The summed E-state index contributed by atoms with van der Waals surface area (Å²) in [6.07, 6.45) is -1.13. The van der Waals surface area contributed by atoms with Gasteiger partial charge in [-0.2, -0.15) is 5.06 Å². The summed E-state index contributed by atoms with van der Waals surface area (Å²) in [4.78, 5) is 90.3. The van der Waals surface area contributed by atoms with E-state index >= 15 is 4.79 Å². The summed E-state index contributed by atoms with van der Waals surface area (Å²) in [5.74, 6) is -4.86. The Labute approximate surface area is 400 Å². The van der Waals surface area contributed by atoms with Crippen molar-refractivity contribution >= 4 is 41.8 Å². The van der Waals surface area contributed by atoms with E-state index in [0.717, 1.165) is 0 Å². The monoisotopic (exact) mass is 949 g/mol. The molecule has 2 amide bonds. The lowest BCUT2D eigenvalue weighted by atomic mass is 9.62. The second-order valence-corrected chi connectivity index (χ2v) is 20.4. The van der Waals surface area contributed by atoms with E-state index in [2.05, 4.69) is 5.32 Å². The predicted octanol–water partition coefficient (Wildman–Crippen LogP) is 4.27. The van der Waals surface area contributed by atoms with Crippen molar-refractivity contribution in [2.75, 3.05) is 19.8 Å². The van der Waals surface area contributed by atoms with Crippen LogP contribution in [0.1, 0.15) is 89.0 Å². The van der Waals surface area contributed by atoms with Crippen molar-refractivity contribution in [2.24, 2.45) is 10.8 Å². The SMILES string of the molecule is CC(C)(C)OC(=O)CCC(CO)NC(=O)C1CCCN1C(=O)C12CC3OC(=O)C1N(Cc1ccc(C=CC(=O)OC4C(=O)OCC4(C)C)cc1)OC2C1OC(c2ccccc2)(c2ccccc2)OC31. The molecule has 366 valence electrons. The Morgan fingerprint density at radius 2 is 1.58 bits per heavy atom. The molecule has 5 aliphatic heterocycles. The van der Waals surface area contributed by atoms with E-state index in [1.807, 2.05) is 60.7 Å². The molecule has 2 N–H and O–H groups in total. The summed E-state index contributed by atoms with van der Waals surface area (Å²) in [7, 11) is 0. The Hall–Kier alpha value is -5.98. The molecular weight excluding hydrogens is 891 g/mol. The van der Waals surface area contributed by atoms with E-state index in [4.69, 9.17) is 33.3 Å². The van der Waals surface area contributed by atoms with Crippen molar-refractivity contribution in [3.05, 3.63) is 113 Å². The number of hydrogen-bond acceptors (Lipinski definition) is 15. The molecule has 0 spiro atoms. The number of amides is 2. The lowest BCUT2D eigenvalue weighted by Gasteiger charge is -2.50. The van der Waals surface area contributed by atoms with Crippen LogP contribution in [0.5, 0.6) is 0 Å². The number of carbonyl (C=O) groups is 6. The van der Waals surface area contributed by atoms with Gasteiger partial charge in [-0.1, -0.05) is 98.8 Å². The summed E-state index contributed by atoms with van der Waals surface area (Å²) in [5, 5.41) is 14.6. The van der Waals surface area contributed by atoms with Crippen molar-refractivity contribution < 1.29 is 67.1 Å². The lowest BCUT2D eigenvalue weighted by Crippen LogP contribution is -2.70. The molecule has 3 aromatic rings. The average molecular weight is 950 g/mol. The molecule has 9 unspecified atom stereocenters. The fourth-order valence-electron chi connectivity index (χ4n) is 10.6. The van der Waals surface area contributed by atoms with Crippen LogP contribution in [-0.2, 0) is 74.4 Å². The van der Waals surface area contributed by atoms with Gasteiger partial charge in [-0.05, 0) is 57.2 Å². The number of fused-ring (bicyclic) bond motifs is 4. The standard InChI is InChI=1S/C52H59N3O14/c1-49(2,3)66-39(58)25-23-35(29-56)53-45(59)36-17-12-26-54(36)48(62)51-27-37-40-41(68-52(67-40,33-13-8-6-9-14-33)34-15-10-7-11-16-34)43(51)69-55(42(51)46(60)64-37)28-32-20-18-31(19-21-32)22-24-38(57)65-44-47(61)63-30-50(44,4)5/h6-11,13-16,18-22,24,35-37,40-44,56H,12,17,23,25-30H2,1-5H3,(H,53,59). The number of nitrogens with one attached hydrogen (secondary N) is 1. The van der Waals surface area contributed by atoms with Crippen LogP contribution >= 0.6 is 0 Å². The molecule has 0 radical (unpaired) electrons. The minimum absolute atomic E-state index is 0.0170. The van der Waals surface area contributed by atoms with Gasteiger partial charge >= 0.3 is 23.9 Å². The maximum Gasteiger partial charge on any atom is 0.348 e. The highest BCUT2D eigenvalue weighted by Gasteiger charge is 2.77. The van der Waals surface area contributed by atoms with E-state index in [-0.39, 0.29) is 39.0 Å². The smallest absolute Gasteiger partial charge is 0.348 e. The highest BCUT2D eigenvalue weighted by molar-refractivity contribution is 5.97. The third kappa shape index (κ3) is 9.18. The Morgan fingerprint density at radius 1 is 0.913 bits per heavy atom. The molecule has 2 bridgehead atoms. The number of cyclic esters (lactones) is 1. The number of ether oxygens (including phenoxy) is 6. The van der Waals surface area contributed by atoms with Crippen LogP contribution in [0, 0.1) is 10.8 Å². The molecule has 0 aromatic heterocycles. The molecule has 5 saturated heterocycles. The summed E-state index contributed by atoms with van der Waals surface area (Å²) in [6.45, 7) is 8.80. The van der Waals surface area contributed by atoms with Crippen LogP contribution in [0.2, 0.25) is 0 Å². The number of aliphatic hydroxyl groups excluding tert-OH is 1. The molecule has 17 nitrogen and oxygen atoms in total. The highest BCUT2D eigenvalue weighted by atomic mass is 16.8. The molecule has 1 saturated carbocycles. The number of benzene rings is 3. The van der Waals surface area contributed by atoms with Gasteiger partial charge in [0.25, 0.3) is 0 Å². The zero-order valence-electron chi connectivity index (χ0n) is 39.4. The van der Waals surface area contributed by atoms with Crippen LogP contribution in [0.4, 0.5) is 0 Å². The molecule has 6 fully saturated rings. The fourth-order valence-corrected chi connectivity index (χ4v) is 10.6. The van der Waals surface area contributed by atoms with Crippen LogP contribution in [0.15, 0.2) is 91.0 Å². The van der Waals surface area contributed by atoms with Gasteiger partial charge in [0.2, 0.25) is 23.7 Å². The lowest BCUT2D eigenvalue weighted by molar-refractivity contribution is -0.214. The molecule has 1 aliphatic carbocycles. The van der Waals surface area contributed by atoms with Crippen molar-refractivity contribution in [3.8, 4) is 0 Å². The highest BCUT2D eigenvalue weighted by Crippen LogP contribution is 2.60. The number of esters is 4. The molecular formula is C52H59N3O14. The summed E-state index contributed by atoms with van der Waals surface area (Å²) in [5.41, 5.74) is -0.236. The van der Waals surface area contributed by atoms with Gasteiger partial charge in [0.15, 0.2) is 6.04 Å². The molecule has 6 aliphatic rings. The third-order valence-corrected chi connectivity index (χ3v) is 13.8. The maximum atomic E-state index is 15.7. The zero-order chi connectivity index (χ0) is 48.9. The Kier molecular flexibility index (Phi) is 13.0. The van der Waals surface area contributed by atoms with Gasteiger partial charge in [0, 0.05) is 42.0 Å². The minimum atomic E-state index is -1.60. The van der Waals surface area contributed by atoms with Gasteiger partial charge in [0.1, 0.15) is 48.1 Å². The summed E-state index contributed by atoms with van der Waals surface area (Å²) < 4.78 is 36.3. The Morgan fingerprint density at radius 3 is 2.20 bits per heavy atom. The Balaban J connectivity index is 1.01. The molecule has 5 heterocycles. The first-order chi connectivity index (χ1) is 32.9. The summed E-state index contributed by atoms with van der Waals surface area (Å²) in [6, 6.07) is 23.0. The van der Waals surface area contributed by atoms with Gasteiger partial charge in [0.05, 0.1) is 19.2 Å². The first kappa shape index (κ1) is 48.1. The van der Waals surface area contributed by atoms with Gasteiger partial charge < -0.3 is 43.7 Å². The van der Waals surface area contributed by atoms with Gasteiger partial charge in [-0.15, -0.1) is 0 Å². The van der Waals surface area contributed by atoms with E-state index in [0.29, 0.717) is 35.1 Å². The van der Waals surface area contributed by atoms with Crippen molar-refractivity contribution in [2.45, 2.75) is 133 Å². The number of carbonyl (C=O) groups excluding carboxylic acids is 6. The first-order valence-electron chi connectivity index (χ1n) is 23.6. The van der Waals surface area contributed by atoms with Crippen LogP contribution in [0.25, 0.3) is 6.08 Å². The van der Waals surface area contributed by atoms with Crippen LogP contribution < -0.4 is 5.32 Å². The quantitative estimate of drug-likeness (QED) is 0.132. The Bertz CT molecular complexity index is 2430. The number of nitrogens with zero attached hydrogens (tertiary/aromatic N) is 2. The van der Waals surface area contributed by atoms with E-state index in [1.165, 1.54) is 16.0 Å². The van der Waals surface area contributed by atoms with E-state index in [9.17, 15) is 29.1 Å². The van der Waals surface area contributed by atoms with Crippen molar-refractivity contribution in [1.29, 1.82) is 0 Å². The molecule has 3 aromatic carbocycles. The first-order valence-corrected chi connectivity index (χ1v) is 23.6. The normalized spacial score (nSPS) is 29.2.